The number of rotatable bonds is 6. The van der Waals surface area contributed by atoms with Crippen LogP contribution in [0.1, 0.15) is 18.7 Å². The van der Waals surface area contributed by atoms with Crippen LogP contribution in [0.25, 0.3) is 11.4 Å². The molecule has 2 aromatic rings. The van der Waals surface area contributed by atoms with E-state index >= 15 is 0 Å². The topological polar surface area (TPSA) is 109 Å². The highest BCUT2D eigenvalue weighted by atomic mass is 16.5. The van der Waals surface area contributed by atoms with Crippen molar-refractivity contribution >= 4 is 5.91 Å². The third-order valence-electron chi connectivity index (χ3n) is 4.68. The molecule has 0 saturated carbocycles. The van der Waals surface area contributed by atoms with Crippen LogP contribution in [0.5, 0.6) is 5.75 Å². The minimum absolute atomic E-state index is 0.0586. The number of amides is 1. The molecule has 1 aromatic carbocycles. The average molecular weight is 361 g/mol. The Morgan fingerprint density at radius 2 is 2.23 bits per heavy atom. The minimum atomic E-state index is -0.682. The predicted octanol–water partition coefficient (Wildman–Crippen LogP) is 0.879. The number of piperidine rings is 1. The van der Waals surface area contributed by atoms with Crippen molar-refractivity contribution in [2.45, 2.75) is 25.4 Å². The summed E-state index contributed by atoms with van der Waals surface area (Å²) in [6, 6.07) is 7.37. The Balaban J connectivity index is 1.57. The summed E-state index contributed by atoms with van der Waals surface area (Å²) in [6.45, 7) is 0.731. The van der Waals surface area contributed by atoms with Gasteiger partial charge in [0.2, 0.25) is 17.6 Å². The maximum absolute atomic E-state index is 12.3. The van der Waals surface area contributed by atoms with Crippen molar-refractivity contribution in [3.05, 3.63) is 30.2 Å². The second-order valence-electron chi connectivity index (χ2n) is 6.35. The smallest absolute Gasteiger partial charge is 0.227 e. The molecular weight excluding hydrogens is 338 g/mol. The molecule has 26 heavy (non-hydrogen) atoms. The number of aryl methyl sites for hydroxylation is 1. The molecule has 3 rings (SSSR count). The normalized spacial score (nSPS) is 20.2. The van der Waals surface area contributed by atoms with E-state index < -0.39 is 6.10 Å². The van der Waals surface area contributed by atoms with E-state index in [2.05, 4.69) is 10.1 Å². The van der Waals surface area contributed by atoms with Crippen molar-refractivity contribution < 1.29 is 24.3 Å². The van der Waals surface area contributed by atoms with Crippen LogP contribution in [-0.2, 0) is 11.2 Å². The van der Waals surface area contributed by atoms with E-state index in [-0.39, 0.29) is 31.4 Å². The van der Waals surface area contributed by atoms with Crippen LogP contribution in [0.2, 0.25) is 0 Å². The number of carbonyl (C=O) groups excluding carboxylic acids is 1. The molecule has 1 aliphatic heterocycles. The molecule has 8 heteroatoms. The van der Waals surface area contributed by atoms with Crippen molar-refractivity contribution in [3.63, 3.8) is 0 Å². The van der Waals surface area contributed by atoms with E-state index in [4.69, 9.17) is 9.26 Å². The third kappa shape index (κ3) is 4.03. The molecule has 1 saturated heterocycles. The Morgan fingerprint density at radius 1 is 1.42 bits per heavy atom. The van der Waals surface area contributed by atoms with Gasteiger partial charge in [-0.25, -0.2) is 0 Å². The van der Waals surface area contributed by atoms with Crippen molar-refractivity contribution in [1.82, 2.24) is 15.0 Å². The number of aliphatic hydroxyl groups is 2. The number of carbonyl (C=O) groups is 1. The Morgan fingerprint density at radius 3 is 2.96 bits per heavy atom. The van der Waals surface area contributed by atoms with E-state index in [9.17, 15) is 15.0 Å². The van der Waals surface area contributed by atoms with Gasteiger partial charge in [-0.15, -0.1) is 0 Å². The SMILES string of the molecule is COc1ccccc1-c1noc(CCC(=O)N2CC[C@H](CO)[C@H](O)C2)n1. The molecule has 0 spiro atoms. The molecule has 0 radical (unpaired) electrons. The molecule has 1 aromatic heterocycles. The van der Waals surface area contributed by atoms with Gasteiger partial charge < -0.3 is 24.4 Å². The summed E-state index contributed by atoms with van der Waals surface area (Å²) in [5, 5.41) is 23.1. The number of hydrogen-bond donors (Lipinski definition) is 2. The number of hydrogen-bond acceptors (Lipinski definition) is 7. The molecule has 1 fully saturated rings. The lowest BCUT2D eigenvalue weighted by molar-refractivity contribution is -0.136. The molecule has 8 nitrogen and oxygen atoms in total. The second kappa shape index (κ2) is 8.29. The van der Waals surface area contributed by atoms with Crippen LogP contribution in [0.3, 0.4) is 0 Å². The van der Waals surface area contributed by atoms with Crippen LogP contribution in [-0.4, -0.2) is 64.1 Å². The first-order chi connectivity index (χ1) is 12.6. The molecule has 0 bridgehead atoms. The number of benzene rings is 1. The lowest BCUT2D eigenvalue weighted by Crippen LogP contribution is -2.47. The Labute approximate surface area is 151 Å². The van der Waals surface area contributed by atoms with Gasteiger partial charge in [-0.1, -0.05) is 17.3 Å². The van der Waals surface area contributed by atoms with Crippen LogP contribution in [0.15, 0.2) is 28.8 Å². The van der Waals surface area contributed by atoms with Crippen molar-refractivity contribution in [1.29, 1.82) is 0 Å². The first kappa shape index (κ1) is 18.3. The van der Waals surface area contributed by atoms with Crippen molar-refractivity contribution in [3.8, 4) is 17.1 Å². The van der Waals surface area contributed by atoms with Gasteiger partial charge in [-0.05, 0) is 18.6 Å². The van der Waals surface area contributed by atoms with E-state index in [0.717, 1.165) is 5.56 Å². The quantitative estimate of drug-likeness (QED) is 0.786. The highest BCUT2D eigenvalue weighted by molar-refractivity contribution is 5.76. The standard InChI is InChI=1S/C18H23N3O5/c1-25-15-5-3-2-4-13(15)18-19-16(26-20-18)6-7-17(24)21-9-8-12(11-22)14(23)10-21/h2-5,12,14,22-23H,6-11H2,1H3/t12-,14-/m1/s1. The molecule has 2 heterocycles. The van der Waals surface area contributed by atoms with E-state index in [1.807, 2.05) is 24.3 Å². The summed E-state index contributed by atoms with van der Waals surface area (Å²) in [4.78, 5) is 18.3. The van der Waals surface area contributed by atoms with Gasteiger partial charge >= 0.3 is 0 Å². The fourth-order valence-corrected chi connectivity index (χ4v) is 3.09. The Kier molecular flexibility index (Phi) is 5.85. The molecule has 1 amide bonds. The molecule has 1 aliphatic rings. The zero-order valence-electron chi connectivity index (χ0n) is 14.7. The van der Waals surface area contributed by atoms with E-state index in [1.165, 1.54) is 0 Å². The predicted molar refractivity (Wildman–Crippen MR) is 92.4 cm³/mol. The Hall–Kier alpha value is -2.45. The number of aromatic nitrogens is 2. The number of para-hydroxylation sites is 1. The van der Waals surface area contributed by atoms with Gasteiger partial charge in [0.15, 0.2) is 0 Å². The summed E-state index contributed by atoms with van der Waals surface area (Å²) in [6.07, 6.45) is 0.474. The zero-order valence-corrected chi connectivity index (χ0v) is 14.7. The fraction of sp³-hybridized carbons (Fsp3) is 0.500. The maximum atomic E-state index is 12.3. The molecule has 2 atom stereocenters. The molecule has 2 N–H and O–H groups in total. The number of likely N-dealkylation sites (tertiary alicyclic amines) is 1. The monoisotopic (exact) mass is 361 g/mol. The van der Waals surface area contributed by atoms with Gasteiger partial charge in [-0.2, -0.15) is 4.98 Å². The summed E-state index contributed by atoms with van der Waals surface area (Å²) in [5.41, 5.74) is 0.727. The molecule has 0 aliphatic carbocycles. The van der Waals surface area contributed by atoms with Gasteiger partial charge in [0.05, 0.1) is 18.8 Å². The summed E-state index contributed by atoms with van der Waals surface area (Å²) >= 11 is 0. The number of ether oxygens (including phenoxy) is 1. The van der Waals surface area contributed by atoms with Gasteiger partial charge in [0.25, 0.3) is 0 Å². The van der Waals surface area contributed by atoms with E-state index in [0.29, 0.717) is 36.9 Å². The first-order valence-corrected chi connectivity index (χ1v) is 8.65. The van der Waals surface area contributed by atoms with Crippen LogP contribution in [0.4, 0.5) is 0 Å². The minimum Gasteiger partial charge on any atom is -0.496 e. The second-order valence-corrected chi connectivity index (χ2v) is 6.35. The maximum Gasteiger partial charge on any atom is 0.227 e. The van der Waals surface area contributed by atoms with Crippen LogP contribution < -0.4 is 4.74 Å². The number of β-amino-alcohol motifs (C(OH)–C–C–N with tert-alkyl or cyclic N) is 1. The van der Waals surface area contributed by atoms with Crippen molar-refractivity contribution in [2.75, 3.05) is 26.8 Å². The average Bonchev–Trinajstić information content (AvgIpc) is 3.14. The molecular formula is C18H23N3O5. The Bertz CT molecular complexity index is 748. The van der Waals surface area contributed by atoms with E-state index in [1.54, 1.807) is 12.0 Å². The molecule has 140 valence electrons. The number of methoxy groups -OCH3 is 1. The zero-order chi connectivity index (χ0) is 18.5. The van der Waals surface area contributed by atoms with Crippen molar-refractivity contribution in [2.24, 2.45) is 5.92 Å². The summed E-state index contributed by atoms with van der Waals surface area (Å²) in [7, 11) is 1.58. The largest absolute Gasteiger partial charge is 0.496 e. The summed E-state index contributed by atoms with van der Waals surface area (Å²) in [5.74, 6) is 1.22. The number of aliphatic hydroxyl groups excluding tert-OH is 2. The highest BCUT2D eigenvalue weighted by Crippen LogP contribution is 2.27. The van der Waals surface area contributed by atoms with Gasteiger partial charge in [-0.3, -0.25) is 4.79 Å². The third-order valence-corrected chi connectivity index (χ3v) is 4.68. The molecule has 0 unspecified atom stereocenters. The lowest BCUT2D eigenvalue weighted by Gasteiger charge is -2.35. The number of nitrogens with zero attached hydrogens (tertiary/aromatic N) is 3. The van der Waals surface area contributed by atoms with Crippen LogP contribution >= 0.6 is 0 Å². The lowest BCUT2D eigenvalue weighted by atomic mass is 9.94. The highest BCUT2D eigenvalue weighted by Gasteiger charge is 2.29. The van der Waals surface area contributed by atoms with Crippen LogP contribution in [0, 0.1) is 5.92 Å². The van der Waals surface area contributed by atoms with Gasteiger partial charge in [0, 0.05) is 38.5 Å². The summed E-state index contributed by atoms with van der Waals surface area (Å²) < 4.78 is 10.5. The first-order valence-electron chi connectivity index (χ1n) is 8.65. The fourth-order valence-electron chi connectivity index (χ4n) is 3.09. The van der Waals surface area contributed by atoms with Gasteiger partial charge in [0.1, 0.15) is 5.75 Å².